The van der Waals surface area contributed by atoms with Gasteiger partial charge < -0.3 is 5.73 Å². The van der Waals surface area contributed by atoms with Crippen molar-refractivity contribution in [1.29, 1.82) is 0 Å². The molecule has 0 saturated heterocycles. The molecule has 1 aromatic heterocycles. The SMILES string of the molecule is Nc1n[nH]c(=O)n1C12CC3CC(CC(C3)C1)C2. The Kier molecular flexibility index (Phi) is 1.69. The molecular formula is C12H18N4O. The van der Waals surface area contributed by atoms with Gasteiger partial charge in [-0.2, -0.15) is 0 Å². The van der Waals surface area contributed by atoms with Crippen LogP contribution in [0.1, 0.15) is 38.5 Å². The lowest BCUT2D eigenvalue weighted by atomic mass is 9.53. The smallest absolute Gasteiger partial charge is 0.345 e. The van der Waals surface area contributed by atoms with Gasteiger partial charge in [-0.1, -0.05) is 0 Å². The van der Waals surface area contributed by atoms with Crippen LogP contribution in [0.5, 0.6) is 0 Å². The molecule has 4 bridgehead atoms. The largest absolute Gasteiger partial charge is 0.368 e. The van der Waals surface area contributed by atoms with Crippen molar-refractivity contribution in [3.05, 3.63) is 10.5 Å². The fourth-order valence-electron chi connectivity index (χ4n) is 5.11. The van der Waals surface area contributed by atoms with E-state index >= 15 is 0 Å². The summed E-state index contributed by atoms with van der Waals surface area (Å²) >= 11 is 0. The van der Waals surface area contributed by atoms with Gasteiger partial charge in [0.2, 0.25) is 5.95 Å². The standard InChI is InChI=1S/C12H18N4O/c13-10-14-15-11(17)16(10)12-4-7-1-8(5-12)3-9(2-7)6-12/h7-9H,1-6H2,(H2,13,14)(H,15,17). The predicted octanol–water partition coefficient (Wildman–Crippen LogP) is 1.08. The Morgan fingerprint density at radius 2 is 1.71 bits per heavy atom. The van der Waals surface area contributed by atoms with E-state index in [1.54, 1.807) is 4.57 Å². The third-order valence-corrected chi connectivity index (χ3v) is 5.18. The van der Waals surface area contributed by atoms with Crippen LogP contribution in [0.4, 0.5) is 5.95 Å². The predicted molar refractivity (Wildman–Crippen MR) is 63.4 cm³/mol. The van der Waals surface area contributed by atoms with E-state index in [0.717, 1.165) is 37.0 Å². The van der Waals surface area contributed by atoms with E-state index in [1.807, 2.05) is 0 Å². The number of rotatable bonds is 1. The molecule has 0 radical (unpaired) electrons. The summed E-state index contributed by atoms with van der Waals surface area (Å²) in [7, 11) is 0. The summed E-state index contributed by atoms with van der Waals surface area (Å²) in [6.45, 7) is 0. The molecule has 1 aromatic rings. The molecule has 0 aliphatic heterocycles. The number of aromatic amines is 1. The second-order valence-corrected chi connectivity index (χ2v) is 6.36. The van der Waals surface area contributed by atoms with Crippen molar-refractivity contribution < 1.29 is 0 Å². The highest BCUT2D eigenvalue weighted by atomic mass is 16.2. The molecule has 5 heteroatoms. The molecule has 1 heterocycles. The number of nitrogens with zero attached hydrogens (tertiary/aromatic N) is 2. The van der Waals surface area contributed by atoms with E-state index in [-0.39, 0.29) is 11.2 Å². The minimum atomic E-state index is -0.121. The summed E-state index contributed by atoms with van der Waals surface area (Å²) in [5, 5.41) is 6.37. The zero-order chi connectivity index (χ0) is 11.6. The Morgan fingerprint density at radius 1 is 1.18 bits per heavy atom. The highest BCUT2D eigenvalue weighted by molar-refractivity contribution is 5.20. The molecule has 3 N–H and O–H groups in total. The van der Waals surface area contributed by atoms with Crippen molar-refractivity contribution in [3.8, 4) is 0 Å². The Bertz CT molecular complexity index is 480. The molecule has 4 aliphatic rings. The lowest BCUT2D eigenvalue weighted by Crippen LogP contribution is -2.54. The van der Waals surface area contributed by atoms with Crippen molar-refractivity contribution in [2.24, 2.45) is 17.8 Å². The summed E-state index contributed by atoms with van der Waals surface area (Å²) in [6.07, 6.45) is 7.48. The van der Waals surface area contributed by atoms with Crippen LogP contribution in [0.25, 0.3) is 0 Å². The first kappa shape index (κ1) is 9.74. The van der Waals surface area contributed by atoms with Crippen LogP contribution in [0.2, 0.25) is 0 Å². The lowest BCUT2D eigenvalue weighted by Gasteiger charge is -2.56. The van der Waals surface area contributed by atoms with E-state index in [0.29, 0.717) is 5.95 Å². The van der Waals surface area contributed by atoms with Crippen molar-refractivity contribution >= 4 is 5.95 Å². The first-order valence-corrected chi connectivity index (χ1v) is 6.60. The number of nitrogens with one attached hydrogen (secondary N) is 1. The molecule has 0 unspecified atom stereocenters. The number of H-pyrrole nitrogens is 1. The Hall–Kier alpha value is -1.26. The fourth-order valence-corrected chi connectivity index (χ4v) is 5.11. The molecular weight excluding hydrogens is 216 g/mol. The van der Waals surface area contributed by atoms with Crippen molar-refractivity contribution in [2.75, 3.05) is 5.73 Å². The Balaban J connectivity index is 1.85. The molecule has 0 aromatic carbocycles. The van der Waals surface area contributed by atoms with Crippen LogP contribution in [0.15, 0.2) is 4.79 Å². The zero-order valence-electron chi connectivity index (χ0n) is 9.85. The molecule has 0 spiro atoms. The molecule has 5 nitrogen and oxygen atoms in total. The van der Waals surface area contributed by atoms with Gasteiger partial charge in [-0.05, 0) is 56.3 Å². The quantitative estimate of drug-likeness (QED) is 0.763. The van der Waals surface area contributed by atoms with Gasteiger partial charge in [-0.15, -0.1) is 5.10 Å². The van der Waals surface area contributed by atoms with E-state index in [9.17, 15) is 4.79 Å². The molecule has 0 atom stereocenters. The van der Waals surface area contributed by atoms with Gasteiger partial charge in [0, 0.05) is 0 Å². The summed E-state index contributed by atoms with van der Waals surface area (Å²) in [6, 6.07) is 0. The van der Waals surface area contributed by atoms with Gasteiger partial charge in [-0.3, -0.25) is 4.57 Å². The summed E-state index contributed by atoms with van der Waals surface area (Å²) in [5.74, 6) is 2.80. The van der Waals surface area contributed by atoms with E-state index in [2.05, 4.69) is 10.2 Å². The normalized spacial score (nSPS) is 43.2. The van der Waals surface area contributed by atoms with Crippen LogP contribution in [-0.4, -0.2) is 14.8 Å². The third-order valence-electron chi connectivity index (χ3n) is 5.18. The lowest BCUT2D eigenvalue weighted by molar-refractivity contribution is -0.0436. The molecule has 5 rings (SSSR count). The molecule has 4 saturated carbocycles. The maximum Gasteiger partial charge on any atom is 0.345 e. The van der Waals surface area contributed by atoms with Crippen LogP contribution in [0, 0.1) is 17.8 Å². The highest BCUT2D eigenvalue weighted by Gasteiger charge is 2.53. The van der Waals surface area contributed by atoms with Crippen molar-refractivity contribution in [1.82, 2.24) is 14.8 Å². The molecule has 17 heavy (non-hydrogen) atoms. The number of hydrogen-bond acceptors (Lipinski definition) is 3. The summed E-state index contributed by atoms with van der Waals surface area (Å²) in [4.78, 5) is 11.9. The van der Waals surface area contributed by atoms with Crippen molar-refractivity contribution in [2.45, 2.75) is 44.1 Å². The first-order valence-electron chi connectivity index (χ1n) is 6.60. The van der Waals surface area contributed by atoms with Crippen LogP contribution in [-0.2, 0) is 5.54 Å². The van der Waals surface area contributed by atoms with Gasteiger partial charge in [-0.25, -0.2) is 9.89 Å². The average molecular weight is 234 g/mol. The second-order valence-electron chi connectivity index (χ2n) is 6.36. The first-order chi connectivity index (χ1) is 8.16. The number of nitrogens with two attached hydrogens (primary N) is 1. The second kappa shape index (κ2) is 2.94. The topological polar surface area (TPSA) is 76.7 Å². The highest BCUT2D eigenvalue weighted by Crippen LogP contribution is 2.58. The number of anilines is 1. The zero-order valence-corrected chi connectivity index (χ0v) is 9.85. The van der Waals surface area contributed by atoms with Gasteiger partial charge in [0.05, 0.1) is 5.54 Å². The molecule has 92 valence electrons. The van der Waals surface area contributed by atoms with E-state index < -0.39 is 0 Å². The minimum Gasteiger partial charge on any atom is -0.368 e. The average Bonchev–Trinajstić information content (AvgIpc) is 2.56. The Morgan fingerprint density at radius 3 is 2.12 bits per heavy atom. The molecule has 4 aliphatic carbocycles. The Labute approximate surface area is 99.4 Å². The fraction of sp³-hybridized carbons (Fsp3) is 0.833. The van der Waals surface area contributed by atoms with Crippen LogP contribution >= 0.6 is 0 Å². The molecule has 4 fully saturated rings. The summed E-state index contributed by atoms with van der Waals surface area (Å²) < 4.78 is 1.76. The minimum absolute atomic E-state index is 0.0110. The number of hydrogen-bond donors (Lipinski definition) is 2. The maximum absolute atomic E-state index is 11.9. The van der Waals surface area contributed by atoms with E-state index in [4.69, 9.17) is 5.73 Å². The van der Waals surface area contributed by atoms with Crippen molar-refractivity contribution in [3.63, 3.8) is 0 Å². The number of nitrogen functional groups attached to an aromatic ring is 1. The van der Waals surface area contributed by atoms with Crippen LogP contribution in [0.3, 0.4) is 0 Å². The van der Waals surface area contributed by atoms with Crippen LogP contribution < -0.4 is 11.4 Å². The monoisotopic (exact) mass is 234 g/mol. The maximum atomic E-state index is 11.9. The molecule has 0 amide bonds. The third kappa shape index (κ3) is 1.20. The summed E-state index contributed by atoms with van der Waals surface area (Å²) in [5.41, 5.74) is 5.75. The van der Waals surface area contributed by atoms with Gasteiger partial charge in [0.15, 0.2) is 0 Å². The van der Waals surface area contributed by atoms with E-state index in [1.165, 1.54) is 19.3 Å². The van der Waals surface area contributed by atoms with Gasteiger partial charge in [0.25, 0.3) is 0 Å². The van der Waals surface area contributed by atoms with Gasteiger partial charge >= 0.3 is 5.69 Å². The van der Waals surface area contributed by atoms with Gasteiger partial charge in [0.1, 0.15) is 0 Å². The number of aromatic nitrogens is 3.